The Hall–Kier alpha value is -2.96. The zero-order chi connectivity index (χ0) is 19.4. The minimum Gasteiger partial charge on any atom is -0.481 e. The molecule has 7 nitrogen and oxygen atoms in total. The summed E-state index contributed by atoms with van der Waals surface area (Å²) in [5.41, 5.74) is 2.93. The molecule has 7 heteroatoms. The van der Waals surface area contributed by atoms with Gasteiger partial charge < -0.3 is 15.0 Å². The summed E-state index contributed by atoms with van der Waals surface area (Å²) in [6, 6.07) is 7.54. The SMILES string of the molecule is COc1nc2c(cc1CNC(=O)C(C)C)C(=O)N(CCc1ccccn1)C2. The summed E-state index contributed by atoms with van der Waals surface area (Å²) in [5.74, 6) is 0.229. The summed E-state index contributed by atoms with van der Waals surface area (Å²) in [7, 11) is 1.54. The molecule has 1 N–H and O–H groups in total. The van der Waals surface area contributed by atoms with Crippen LogP contribution in [0.3, 0.4) is 0 Å². The van der Waals surface area contributed by atoms with Crippen LogP contribution in [-0.4, -0.2) is 40.3 Å². The second-order valence-corrected chi connectivity index (χ2v) is 6.82. The van der Waals surface area contributed by atoms with E-state index in [-0.39, 0.29) is 24.3 Å². The predicted octanol–water partition coefficient (Wildman–Crippen LogP) is 1.96. The second-order valence-electron chi connectivity index (χ2n) is 6.82. The fourth-order valence-electron chi connectivity index (χ4n) is 2.97. The van der Waals surface area contributed by atoms with E-state index in [2.05, 4.69) is 15.3 Å². The zero-order valence-electron chi connectivity index (χ0n) is 15.9. The van der Waals surface area contributed by atoms with Crippen LogP contribution in [0.5, 0.6) is 5.88 Å². The molecular formula is C20H24N4O3. The molecule has 0 radical (unpaired) electrons. The van der Waals surface area contributed by atoms with E-state index < -0.39 is 0 Å². The molecule has 0 aromatic carbocycles. The number of hydrogen-bond donors (Lipinski definition) is 1. The standard InChI is InChI=1S/C20H24N4O3/c1-13(2)18(25)22-11-14-10-16-17(23-19(14)27-3)12-24(20(16)26)9-7-15-6-4-5-8-21-15/h4-6,8,10,13H,7,9,11-12H2,1-3H3,(H,22,25). The van der Waals surface area contributed by atoms with Crippen molar-refractivity contribution in [1.29, 1.82) is 0 Å². The molecule has 1 aliphatic heterocycles. The number of aromatic nitrogens is 2. The molecule has 2 aromatic rings. The molecule has 0 atom stereocenters. The first-order chi connectivity index (χ1) is 13.0. The predicted molar refractivity (Wildman–Crippen MR) is 100 cm³/mol. The van der Waals surface area contributed by atoms with E-state index in [0.29, 0.717) is 42.2 Å². The second kappa shape index (κ2) is 8.16. The van der Waals surface area contributed by atoms with Crippen molar-refractivity contribution in [2.45, 2.75) is 33.4 Å². The van der Waals surface area contributed by atoms with Gasteiger partial charge in [0.15, 0.2) is 0 Å². The van der Waals surface area contributed by atoms with Gasteiger partial charge in [0.1, 0.15) is 0 Å². The van der Waals surface area contributed by atoms with Gasteiger partial charge >= 0.3 is 0 Å². The molecule has 142 valence electrons. The minimum absolute atomic E-state index is 0.0486. The van der Waals surface area contributed by atoms with Crippen LogP contribution in [0, 0.1) is 5.92 Å². The first-order valence-electron chi connectivity index (χ1n) is 9.03. The third-order valence-corrected chi connectivity index (χ3v) is 4.53. The van der Waals surface area contributed by atoms with Crippen LogP contribution in [0.1, 0.15) is 41.2 Å². The van der Waals surface area contributed by atoms with Gasteiger partial charge in [0, 0.05) is 42.9 Å². The monoisotopic (exact) mass is 368 g/mol. The van der Waals surface area contributed by atoms with Gasteiger partial charge in [-0.3, -0.25) is 14.6 Å². The lowest BCUT2D eigenvalue weighted by Gasteiger charge is -2.14. The molecule has 0 bridgehead atoms. The maximum atomic E-state index is 12.8. The Labute approximate surface area is 158 Å². The molecule has 27 heavy (non-hydrogen) atoms. The number of amides is 2. The van der Waals surface area contributed by atoms with E-state index in [9.17, 15) is 9.59 Å². The lowest BCUT2D eigenvalue weighted by molar-refractivity contribution is -0.124. The molecule has 0 saturated heterocycles. The lowest BCUT2D eigenvalue weighted by Crippen LogP contribution is -2.27. The van der Waals surface area contributed by atoms with Gasteiger partial charge in [-0.25, -0.2) is 4.98 Å². The maximum Gasteiger partial charge on any atom is 0.256 e. The Morgan fingerprint density at radius 1 is 1.37 bits per heavy atom. The van der Waals surface area contributed by atoms with Crippen LogP contribution in [0.25, 0.3) is 0 Å². The van der Waals surface area contributed by atoms with E-state index in [4.69, 9.17) is 4.74 Å². The molecule has 2 amide bonds. The first kappa shape index (κ1) is 18.8. The zero-order valence-corrected chi connectivity index (χ0v) is 15.9. The average Bonchev–Trinajstić information content (AvgIpc) is 2.99. The molecule has 3 rings (SSSR count). The van der Waals surface area contributed by atoms with Crippen LogP contribution in [0.2, 0.25) is 0 Å². The number of rotatable bonds is 7. The normalized spacial score (nSPS) is 13.0. The van der Waals surface area contributed by atoms with Gasteiger partial charge in [-0.2, -0.15) is 0 Å². The van der Waals surface area contributed by atoms with Gasteiger partial charge in [0.25, 0.3) is 5.91 Å². The van der Waals surface area contributed by atoms with Crippen molar-refractivity contribution in [3.8, 4) is 5.88 Å². The van der Waals surface area contributed by atoms with Crippen LogP contribution in [-0.2, 0) is 24.3 Å². The van der Waals surface area contributed by atoms with Crippen molar-refractivity contribution in [2.75, 3.05) is 13.7 Å². The first-order valence-corrected chi connectivity index (χ1v) is 9.03. The largest absolute Gasteiger partial charge is 0.481 e. The number of carbonyl (C=O) groups is 2. The highest BCUT2D eigenvalue weighted by atomic mass is 16.5. The van der Waals surface area contributed by atoms with Gasteiger partial charge in [-0.1, -0.05) is 19.9 Å². The van der Waals surface area contributed by atoms with Crippen LogP contribution < -0.4 is 10.1 Å². The van der Waals surface area contributed by atoms with Crippen molar-refractivity contribution in [3.63, 3.8) is 0 Å². The van der Waals surface area contributed by atoms with Gasteiger partial charge in [-0.05, 0) is 18.2 Å². The van der Waals surface area contributed by atoms with E-state index in [1.807, 2.05) is 32.0 Å². The van der Waals surface area contributed by atoms with Gasteiger partial charge in [0.2, 0.25) is 11.8 Å². The quantitative estimate of drug-likeness (QED) is 0.808. The molecule has 0 saturated carbocycles. The Morgan fingerprint density at radius 3 is 2.85 bits per heavy atom. The Kier molecular flexibility index (Phi) is 5.69. The lowest BCUT2D eigenvalue weighted by atomic mass is 10.1. The topological polar surface area (TPSA) is 84.4 Å². The molecule has 0 aliphatic carbocycles. The van der Waals surface area contributed by atoms with Crippen molar-refractivity contribution in [2.24, 2.45) is 5.92 Å². The fraction of sp³-hybridized carbons (Fsp3) is 0.400. The van der Waals surface area contributed by atoms with Crippen LogP contribution in [0.15, 0.2) is 30.5 Å². The number of pyridine rings is 2. The Morgan fingerprint density at radius 2 is 2.19 bits per heavy atom. The number of methoxy groups -OCH3 is 1. The fourth-order valence-corrected chi connectivity index (χ4v) is 2.97. The number of hydrogen-bond acceptors (Lipinski definition) is 5. The highest BCUT2D eigenvalue weighted by molar-refractivity contribution is 5.98. The van der Waals surface area contributed by atoms with Crippen molar-refractivity contribution < 1.29 is 14.3 Å². The van der Waals surface area contributed by atoms with Crippen molar-refractivity contribution in [1.82, 2.24) is 20.2 Å². The molecule has 0 spiro atoms. The van der Waals surface area contributed by atoms with E-state index in [0.717, 1.165) is 5.69 Å². The Bertz CT molecular complexity index is 837. The summed E-state index contributed by atoms with van der Waals surface area (Å²) in [6.07, 6.45) is 2.44. The molecule has 0 fully saturated rings. The average molecular weight is 368 g/mol. The summed E-state index contributed by atoms with van der Waals surface area (Å²) in [6.45, 7) is 4.97. The summed E-state index contributed by atoms with van der Waals surface area (Å²) in [4.78, 5) is 35.1. The number of nitrogens with zero attached hydrogens (tertiary/aromatic N) is 3. The summed E-state index contributed by atoms with van der Waals surface area (Å²) >= 11 is 0. The maximum absolute atomic E-state index is 12.8. The Balaban J connectivity index is 1.72. The third-order valence-electron chi connectivity index (χ3n) is 4.53. The molecule has 1 aliphatic rings. The van der Waals surface area contributed by atoms with Crippen molar-refractivity contribution in [3.05, 3.63) is 53.0 Å². The highest BCUT2D eigenvalue weighted by Crippen LogP contribution is 2.27. The van der Waals surface area contributed by atoms with E-state index in [1.165, 1.54) is 7.11 Å². The number of carbonyl (C=O) groups excluding carboxylic acids is 2. The number of fused-ring (bicyclic) bond motifs is 1. The highest BCUT2D eigenvalue weighted by Gasteiger charge is 2.30. The van der Waals surface area contributed by atoms with E-state index >= 15 is 0 Å². The smallest absolute Gasteiger partial charge is 0.256 e. The molecule has 3 heterocycles. The van der Waals surface area contributed by atoms with E-state index in [1.54, 1.807) is 17.2 Å². The summed E-state index contributed by atoms with van der Waals surface area (Å²) in [5, 5.41) is 2.84. The van der Waals surface area contributed by atoms with Gasteiger partial charge in [-0.15, -0.1) is 0 Å². The number of ether oxygens (including phenoxy) is 1. The number of nitrogens with one attached hydrogen (secondary N) is 1. The molecule has 0 unspecified atom stereocenters. The van der Waals surface area contributed by atoms with Crippen LogP contribution in [0.4, 0.5) is 0 Å². The molecular weight excluding hydrogens is 344 g/mol. The summed E-state index contributed by atoms with van der Waals surface area (Å²) < 4.78 is 5.36. The molecule has 2 aromatic heterocycles. The van der Waals surface area contributed by atoms with Crippen LogP contribution >= 0.6 is 0 Å². The van der Waals surface area contributed by atoms with Crippen molar-refractivity contribution >= 4 is 11.8 Å². The minimum atomic E-state index is -0.109. The van der Waals surface area contributed by atoms with Gasteiger partial charge in [0.05, 0.1) is 24.9 Å². The third kappa shape index (κ3) is 4.24.